The van der Waals surface area contributed by atoms with Crippen molar-refractivity contribution in [3.05, 3.63) is 12.8 Å². The SMILES string of the molecule is C[CH]CC[CH]CCCCCCC. The highest BCUT2D eigenvalue weighted by molar-refractivity contribution is 4.68. The second-order valence-corrected chi connectivity index (χ2v) is 3.48. The molecule has 0 rings (SSSR count). The van der Waals surface area contributed by atoms with E-state index in [-0.39, 0.29) is 0 Å². The van der Waals surface area contributed by atoms with Gasteiger partial charge in [0.15, 0.2) is 0 Å². The molecule has 0 saturated carbocycles. The van der Waals surface area contributed by atoms with Crippen molar-refractivity contribution in [3.8, 4) is 0 Å². The normalized spacial score (nSPS) is 10.5. The molecule has 0 fully saturated rings. The van der Waals surface area contributed by atoms with Crippen molar-refractivity contribution in [3.63, 3.8) is 0 Å². The van der Waals surface area contributed by atoms with Crippen LogP contribution in [0.4, 0.5) is 0 Å². The maximum Gasteiger partial charge on any atom is -0.0386 e. The van der Waals surface area contributed by atoms with Gasteiger partial charge in [-0.1, -0.05) is 58.8 Å². The molecule has 12 heavy (non-hydrogen) atoms. The highest BCUT2D eigenvalue weighted by Crippen LogP contribution is 2.08. The molecule has 72 valence electrons. The standard InChI is InChI=1S/C12H24/c1-3-5-7-9-11-12-10-8-6-4-2/h3,9H,4-8,10-12H2,1-2H3. The van der Waals surface area contributed by atoms with E-state index in [0.29, 0.717) is 0 Å². The van der Waals surface area contributed by atoms with Crippen LogP contribution in [-0.4, -0.2) is 0 Å². The van der Waals surface area contributed by atoms with Gasteiger partial charge < -0.3 is 0 Å². The summed E-state index contributed by atoms with van der Waals surface area (Å²) in [6.45, 7) is 4.40. The first-order valence-corrected chi connectivity index (χ1v) is 5.51. The first-order valence-electron chi connectivity index (χ1n) is 5.51. The van der Waals surface area contributed by atoms with Crippen LogP contribution >= 0.6 is 0 Å². The van der Waals surface area contributed by atoms with Gasteiger partial charge in [-0.05, 0) is 19.3 Å². The minimum Gasteiger partial charge on any atom is -0.0654 e. The summed E-state index contributed by atoms with van der Waals surface area (Å²) in [7, 11) is 0. The van der Waals surface area contributed by atoms with Crippen molar-refractivity contribution in [2.75, 3.05) is 0 Å². The van der Waals surface area contributed by atoms with Gasteiger partial charge >= 0.3 is 0 Å². The maximum absolute atomic E-state index is 2.44. The molecule has 0 aromatic carbocycles. The van der Waals surface area contributed by atoms with E-state index in [4.69, 9.17) is 0 Å². The van der Waals surface area contributed by atoms with E-state index in [1.807, 2.05) is 0 Å². The molecule has 0 spiro atoms. The molecular weight excluding hydrogens is 144 g/mol. The molecule has 0 bridgehead atoms. The number of hydrogen-bond acceptors (Lipinski definition) is 0. The summed E-state index contributed by atoms with van der Waals surface area (Å²) in [4.78, 5) is 0. The third-order valence-electron chi connectivity index (χ3n) is 2.17. The second kappa shape index (κ2) is 11.0. The summed E-state index contributed by atoms with van der Waals surface area (Å²) >= 11 is 0. The van der Waals surface area contributed by atoms with Crippen molar-refractivity contribution in [2.45, 2.75) is 65.2 Å². The summed E-state index contributed by atoms with van der Waals surface area (Å²) < 4.78 is 0. The van der Waals surface area contributed by atoms with Crippen molar-refractivity contribution in [1.82, 2.24) is 0 Å². The molecule has 0 aromatic heterocycles. The summed E-state index contributed by atoms with van der Waals surface area (Å²) in [6.07, 6.45) is 15.6. The van der Waals surface area contributed by atoms with Crippen LogP contribution in [0.25, 0.3) is 0 Å². The summed E-state index contributed by atoms with van der Waals surface area (Å²) in [5, 5.41) is 0. The largest absolute Gasteiger partial charge is 0.0654 e. The van der Waals surface area contributed by atoms with Crippen LogP contribution in [0.5, 0.6) is 0 Å². The number of rotatable bonds is 9. The van der Waals surface area contributed by atoms with Gasteiger partial charge in [0.05, 0.1) is 0 Å². The monoisotopic (exact) mass is 168 g/mol. The Morgan fingerprint density at radius 1 is 0.833 bits per heavy atom. The minimum atomic E-state index is 1.26. The predicted octanol–water partition coefficient (Wildman–Crippen LogP) is 4.56. The van der Waals surface area contributed by atoms with Gasteiger partial charge in [-0.2, -0.15) is 0 Å². The molecular formula is C12H24. The fourth-order valence-electron chi connectivity index (χ4n) is 1.32. The van der Waals surface area contributed by atoms with Crippen LogP contribution in [0.2, 0.25) is 0 Å². The quantitative estimate of drug-likeness (QED) is 0.443. The molecule has 0 atom stereocenters. The Labute approximate surface area is 78.8 Å². The predicted molar refractivity (Wildman–Crippen MR) is 56.9 cm³/mol. The minimum absolute atomic E-state index is 1.26. The van der Waals surface area contributed by atoms with E-state index in [2.05, 4.69) is 26.7 Å². The topological polar surface area (TPSA) is 0 Å². The third-order valence-corrected chi connectivity index (χ3v) is 2.17. The van der Waals surface area contributed by atoms with E-state index in [9.17, 15) is 0 Å². The highest BCUT2D eigenvalue weighted by Gasteiger charge is 1.90. The van der Waals surface area contributed by atoms with Gasteiger partial charge in [0.1, 0.15) is 0 Å². The fourth-order valence-corrected chi connectivity index (χ4v) is 1.32. The van der Waals surface area contributed by atoms with Crippen LogP contribution in [-0.2, 0) is 0 Å². The van der Waals surface area contributed by atoms with Crippen molar-refractivity contribution >= 4 is 0 Å². The van der Waals surface area contributed by atoms with Gasteiger partial charge in [0.25, 0.3) is 0 Å². The zero-order chi connectivity index (χ0) is 9.07. The molecule has 0 saturated heterocycles. The molecule has 0 nitrogen and oxygen atoms in total. The smallest absolute Gasteiger partial charge is 0.0386 e. The van der Waals surface area contributed by atoms with Crippen LogP contribution in [0.15, 0.2) is 0 Å². The van der Waals surface area contributed by atoms with E-state index in [1.54, 1.807) is 0 Å². The van der Waals surface area contributed by atoms with E-state index in [1.165, 1.54) is 51.4 Å². The van der Waals surface area contributed by atoms with Crippen LogP contribution in [0, 0.1) is 12.8 Å². The third kappa shape index (κ3) is 10.0. The lowest BCUT2D eigenvalue weighted by Crippen LogP contribution is -1.81. The summed E-state index contributed by atoms with van der Waals surface area (Å²) in [5.74, 6) is 0. The highest BCUT2D eigenvalue weighted by atomic mass is 14.0. The number of hydrogen-bond donors (Lipinski definition) is 0. The molecule has 0 aliphatic rings. The number of unbranched alkanes of at least 4 members (excludes halogenated alkanes) is 9. The maximum atomic E-state index is 2.44. The Morgan fingerprint density at radius 2 is 1.58 bits per heavy atom. The Morgan fingerprint density at radius 3 is 2.25 bits per heavy atom. The molecule has 0 aliphatic heterocycles. The Hall–Kier alpha value is 0. The zero-order valence-corrected chi connectivity index (χ0v) is 8.81. The molecule has 0 heterocycles. The molecule has 0 heteroatoms. The van der Waals surface area contributed by atoms with Crippen molar-refractivity contribution < 1.29 is 0 Å². The molecule has 0 amide bonds. The van der Waals surface area contributed by atoms with E-state index in [0.717, 1.165) is 0 Å². The Balaban J connectivity index is 2.73. The van der Waals surface area contributed by atoms with Gasteiger partial charge in [0.2, 0.25) is 0 Å². The lowest BCUT2D eigenvalue weighted by molar-refractivity contribution is 0.621. The van der Waals surface area contributed by atoms with Crippen LogP contribution < -0.4 is 0 Å². The second-order valence-electron chi connectivity index (χ2n) is 3.48. The zero-order valence-electron chi connectivity index (χ0n) is 8.81. The van der Waals surface area contributed by atoms with Crippen molar-refractivity contribution in [1.29, 1.82) is 0 Å². The lowest BCUT2D eigenvalue weighted by Gasteiger charge is -1.99. The fraction of sp³-hybridized carbons (Fsp3) is 0.833. The first kappa shape index (κ1) is 12.0. The summed E-state index contributed by atoms with van der Waals surface area (Å²) in [6, 6.07) is 0. The lowest BCUT2D eigenvalue weighted by atomic mass is 10.1. The van der Waals surface area contributed by atoms with Gasteiger partial charge in [-0.15, -0.1) is 0 Å². The molecule has 0 aromatic rings. The van der Waals surface area contributed by atoms with E-state index < -0.39 is 0 Å². The van der Waals surface area contributed by atoms with Crippen LogP contribution in [0.1, 0.15) is 65.2 Å². The van der Waals surface area contributed by atoms with Gasteiger partial charge in [-0.3, -0.25) is 0 Å². The Kier molecular flexibility index (Phi) is 11.0. The molecule has 2 radical (unpaired) electrons. The van der Waals surface area contributed by atoms with Gasteiger partial charge in [-0.25, -0.2) is 0 Å². The summed E-state index contributed by atoms with van der Waals surface area (Å²) in [5.41, 5.74) is 0. The molecule has 0 aliphatic carbocycles. The molecule has 0 unspecified atom stereocenters. The first-order chi connectivity index (χ1) is 5.91. The molecule has 0 N–H and O–H groups in total. The van der Waals surface area contributed by atoms with Crippen LogP contribution in [0.3, 0.4) is 0 Å². The Bertz CT molecular complexity index is 56.4. The van der Waals surface area contributed by atoms with Crippen molar-refractivity contribution in [2.24, 2.45) is 0 Å². The average molecular weight is 168 g/mol. The average Bonchev–Trinajstić information content (AvgIpc) is 2.10. The van der Waals surface area contributed by atoms with E-state index >= 15 is 0 Å². The van der Waals surface area contributed by atoms with Gasteiger partial charge in [0, 0.05) is 0 Å².